The number of carbonyl (C=O) groups is 3. The maximum Gasteiger partial charge on any atom is 0.303 e. The van der Waals surface area contributed by atoms with Crippen LogP contribution in [0.2, 0.25) is 0 Å². The smallest absolute Gasteiger partial charge is 0.303 e. The number of carboxylic acids is 1. The van der Waals surface area contributed by atoms with Crippen LogP contribution in [0.3, 0.4) is 0 Å². The van der Waals surface area contributed by atoms with Gasteiger partial charge in [0, 0.05) is 35.8 Å². The molecule has 0 aliphatic heterocycles. The summed E-state index contributed by atoms with van der Waals surface area (Å²) in [5.41, 5.74) is 9.35. The number of aliphatic carboxylic acids is 1. The van der Waals surface area contributed by atoms with Crippen molar-refractivity contribution >= 4 is 44.9 Å². The number of carboxylic acid groups (broad SMARTS) is 1. The van der Waals surface area contributed by atoms with Crippen molar-refractivity contribution in [3.05, 3.63) is 101 Å². The number of pyridine rings is 1. The Morgan fingerprint density at radius 3 is 2.48 bits per heavy atom. The number of carbonyl (C=O) groups excluding carboxylic acids is 2. The van der Waals surface area contributed by atoms with Crippen LogP contribution in [0.1, 0.15) is 49.7 Å². The van der Waals surface area contributed by atoms with E-state index < -0.39 is 21.6 Å². The molecule has 0 fully saturated rings. The van der Waals surface area contributed by atoms with Gasteiger partial charge in [-0.1, -0.05) is 30.0 Å². The third-order valence-corrected chi connectivity index (χ3v) is 7.62. The van der Waals surface area contributed by atoms with Crippen LogP contribution < -0.4 is 15.8 Å². The van der Waals surface area contributed by atoms with E-state index in [1.165, 1.54) is 16.9 Å². The summed E-state index contributed by atoms with van der Waals surface area (Å²) >= 11 is 0. The second kappa shape index (κ2) is 12.4. The Labute approximate surface area is 242 Å². The molecule has 1 unspecified atom stereocenters. The second-order valence-electron chi connectivity index (χ2n) is 9.38. The minimum absolute atomic E-state index is 0.0287. The first-order valence-corrected chi connectivity index (χ1v) is 14.3. The maximum absolute atomic E-state index is 13.2. The number of benzene rings is 2. The molecule has 2 aromatic heterocycles. The highest BCUT2D eigenvalue weighted by atomic mass is 32.2. The average Bonchev–Trinajstić information content (AvgIpc) is 3.29. The third-order valence-electron chi connectivity index (χ3n) is 6.07. The van der Waals surface area contributed by atoms with Gasteiger partial charge in [-0.3, -0.25) is 23.8 Å². The van der Waals surface area contributed by atoms with Gasteiger partial charge in [-0.15, -0.1) is 0 Å². The van der Waals surface area contributed by atoms with Crippen LogP contribution >= 0.6 is 0 Å². The van der Waals surface area contributed by atoms with Crippen LogP contribution in [-0.4, -0.2) is 47.7 Å². The fourth-order valence-electron chi connectivity index (χ4n) is 3.93. The summed E-state index contributed by atoms with van der Waals surface area (Å²) < 4.78 is 17.1. The fraction of sp³-hybridized carbons (Fsp3) is 0.133. The van der Waals surface area contributed by atoms with Gasteiger partial charge >= 0.3 is 5.97 Å². The Morgan fingerprint density at radius 1 is 1.07 bits per heavy atom. The van der Waals surface area contributed by atoms with Crippen LogP contribution in [-0.2, 0) is 28.0 Å². The van der Waals surface area contributed by atoms with Crippen molar-refractivity contribution in [2.45, 2.75) is 24.7 Å². The highest BCUT2D eigenvalue weighted by molar-refractivity contribution is 7.99. The molecule has 0 aliphatic carbocycles. The Hall–Kier alpha value is -5.41. The molecular weight excluding hydrogens is 556 g/mol. The number of nitrogens with two attached hydrogens (primary N) is 1. The molecule has 0 saturated heterocycles. The van der Waals surface area contributed by atoms with E-state index in [9.17, 15) is 18.6 Å². The lowest BCUT2D eigenvalue weighted by Gasteiger charge is -2.12. The standard InChI is InChI=1S/C30H28N6O5S/c1-19-15-26(36(2)34-19)30(40)33-24-6-4-5-21(16-24)7-11-22-17-23(18-32-28(22)31)29(39)35-42(3,41)25-12-8-20(9-13-25)10-14-27(37)38/h4-6,8-9,12-13,15-18H,3,10,14H2,1-2H3,(H2,31,32)(H,33,40)(H,37,38)(H,35,39,41). The van der Waals surface area contributed by atoms with Crippen molar-refractivity contribution in [2.75, 3.05) is 11.1 Å². The average molecular weight is 585 g/mol. The third kappa shape index (κ3) is 7.41. The number of aryl methyl sites for hydroxylation is 3. The number of aromatic nitrogens is 3. The molecule has 42 heavy (non-hydrogen) atoms. The topological polar surface area (TPSA) is 169 Å². The first-order chi connectivity index (χ1) is 19.9. The van der Waals surface area contributed by atoms with Crippen molar-refractivity contribution in [1.29, 1.82) is 0 Å². The minimum Gasteiger partial charge on any atom is -0.481 e. The maximum atomic E-state index is 13.2. The van der Waals surface area contributed by atoms with Crippen molar-refractivity contribution in [3.8, 4) is 11.8 Å². The Balaban J connectivity index is 1.47. The van der Waals surface area contributed by atoms with Gasteiger partial charge in [0.25, 0.3) is 11.8 Å². The van der Waals surface area contributed by atoms with Crippen LogP contribution in [0.5, 0.6) is 0 Å². The minimum atomic E-state index is -3.22. The molecule has 2 heterocycles. The monoisotopic (exact) mass is 584 g/mol. The van der Waals surface area contributed by atoms with Crippen LogP contribution in [0.15, 0.2) is 71.8 Å². The van der Waals surface area contributed by atoms with Gasteiger partial charge in [-0.2, -0.15) is 5.10 Å². The quantitative estimate of drug-likeness (QED) is 0.181. The lowest BCUT2D eigenvalue weighted by Crippen LogP contribution is -2.30. The van der Waals surface area contributed by atoms with Crippen LogP contribution in [0, 0.1) is 18.8 Å². The number of nitrogens with one attached hydrogen (secondary N) is 2. The lowest BCUT2D eigenvalue weighted by molar-refractivity contribution is -0.136. The molecule has 5 N–H and O–H groups in total. The zero-order valence-corrected chi connectivity index (χ0v) is 23.7. The zero-order chi connectivity index (χ0) is 30.4. The first kappa shape index (κ1) is 29.6. The molecule has 0 spiro atoms. The number of nitrogen functional groups attached to an aromatic ring is 1. The summed E-state index contributed by atoms with van der Waals surface area (Å²) in [7, 11) is -1.53. The van der Waals surface area contributed by atoms with Crippen molar-refractivity contribution in [1.82, 2.24) is 19.5 Å². The molecule has 0 saturated carbocycles. The number of amides is 2. The Bertz CT molecular complexity index is 1850. The summed E-state index contributed by atoms with van der Waals surface area (Å²) in [6.45, 7) is 1.80. The number of rotatable bonds is 8. The largest absolute Gasteiger partial charge is 0.481 e. The predicted octanol–water partition coefficient (Wildman–Crippen LogP) is 2.80. The van der Waals surface area contributed by atoms with Crippen molar-refractivity contribution in [3.63, 3.8) is 0 Å². The van der Waals surface area contributed by atoms with E-state index in [1.807, 2.05) is 0 Å². The predicted molar refractivity (Wildman–Crippen MR) is 160 cm³/mol. The van der Waals surface area contributed by atoms with Gasteiger partial charge in [0.05, 0.1) is 26.5 Å². The molecule has 11 nitrogen and oxygen atoms in total. The van der Waals surface area contributed by atoms with Gasteiger partial charge in [-0.05, 0) is 67.2 Å². The van der Waals surface area contributed by atoms with Crippen LogP contribution in [0.4, 0.5) is 11.5 Å². The Morgan fingerprint density at radius 2 is 1.81 bits per heavy atom. The molecule has 214 valence electrons. The molecule has 2 aromatic carbocycles. The molecular formula is C30H28N6O5S. The van der Waals surface area contributed by atoms with Gasteiger partial charge in [0.15, 0.2) is 0 Å². The fourth-order valence-corrected chi connectivity index (χ4v) is 5.04. The SMILES string of the molecule is C=S(=O)(NC(=O)c1cnc(N)c(C#Cc2cccc(NC(=O)c3cc(C)nn3C)c2)c1)c1ccc(CCC(=O)O)cc1. The summed E-state index contributed by atoms with van der Waals surface area (Å²) in [4.78, 5) is 40.7. The first-order valence-electron chi connectivity index (χ1n) is 12.6. The molecule has 4 rings (SSSR count). The van der Waals surface area contributed by atoms with E-state index >= 15 is 0 Å². The highest BCUT2D eigenvalue weighted by Gasteiger charge is 2.16. The summed E-state index contributed by atoms with van der Waals surface area (Å²) in [5, 5.41) is 15.8. The lowest BCUT2D eigenvalue weighted by atomic mass is 10.1. The molecule has 0 radical (unpaired) electrons. The van der Waals surface area contributed by atoms with E-state index in [2.05, 4.69) is 37.8 Å². The Kier molecular flexibility index (Phi) is 8.73. The van der Waals surface area contributed by atoms with Gasteiger partial charge in [0.2, 0.25) is 0 Å². The normalized spacial score (nSPS) is 12.0. The van der Waals surface area contributed by atoms with Crippen molar-refractivity contribution < 1.29 is 23.7 Å². The van der Waals surface area contributed by atoms with E-state index in [0.29, 0.717) is 23.4 Å². The molecule has 4 aromatic rings. The molecule has 1 atom stereocenters. The zero-order valence-electron chi connectivity index (χ0n) is 22.9. The summed E-state index contributed by atoms with van der Waals surface area (Å²) in [6.07, 6.45) is 1.54. The number of anilines is 2. The molecule has 2 amide bonds. The number of nitrogens with zero attached hydrogens (tertiary/aromatic N) is 3. The van der Waals surface area contributed by atoms with Crippen LogP contribution in [0.25, 0.3) is 0 Å². The summed E-state index contributed by atoms with van der Waals surface area (Å²) in [5.74, 6) is 7.71. The summed E-state index contributed by atoms with van der Waals surface area (Å²) in [6, 6.07) is 16.4. The van der Waals surface area contributed by atoms with E-state index in [0.717, 1.165) is 11.3 Å². The van der Waals surface area contributed by atoms with E-state index in [4.69, 9.17) is 10.8 Å². The van der Waals surface area contributed by atoms with Gasteiger partial charge in [-0.25, -0.2) is 9.19 Å². The molecule has 0 aliphatic rings. The number of hydrogen-bond donors (Lipinski definition) is 4. The second-order valence-corrected chi connectivity index (χ2v) is 11.4. The molecule has 12 heteroatoms. The van der Waals surface area contributed by atoms with Gasteiger partial charge < -0.3 is 16.2 Å². The van der Waals surface area contributed by atoms with E-state index in [1.54, 1.807) is 68.6 Å². The van der Waals surface area contributed by atoms with Crippen molar-refractivity contribution in [2.24, 2.45) is 7.05 Å². The van der Waals surface area contributed by atoms with E-state index in [-0.39, 0.29) is 34.2 Å². The number of hydrogen-bond acceptors (Lipinski definition) is 7. The highest BCUT2D eigenvalue weighted by Crippen LogP contribution is 2.16. The van der Waals surface area contributed by atoms with Gasteiger partial charge in [0.1, 0.15) is 11.5 Å². The molecule has 0 bridgehead atoms.